The first kappa shape index (κ1) is 11.2. The summed E-state index contributed by atoms with van der Waals surface area (Å²) in [6.45, 7) is 1.46. The lowest BCUT2D eigenvalue weighted by molar-refractivity contribution is 0.208. The Hall–Kier alpha value is -0.940. The van der Waals surface area contributed by atoms with Gasteiger partial charge in [0, 0.05) is 18.5 Å². The Bertz CT molecular complexity index is 384. The van der Waals surface area contributed by atoms with Crippen LogP contribution in [0.4, 0.5) is 0 Å². The highest BCUT2D eigenvalue weighted by Gasteiger charge is 2.34. The Labute approximate surface area is 101 Å². The average molecular weight is 236 g/mol. The van der Waals surface area contributed by atoms with E-state index < -0.39 is 0 Å². The molecule has 2 N–H and O–H groups in total. The van der Waals surface area contributed by atoms with Crippen molar-refractivity contribution in [1.82, 2.24) is 15.0 Å². The number of rotatable bonds is 6. The van der Waals surface area contributed by atoms with E-state index in [2.05, 4.69) is 22.1 Å². The summed E-state index contributed by atoms with van der Waals surface area (Å²) >= 11 is 0. The molecule has 2 saturated carbocycles. The first-order valence-electron chi connectivity index (χ1n) is 6.50. The van der Waals surface area contributed by atoms with Crippen LogP contribution in [-0.2, 0) is 6.54 Å². The fourth-order valence-electron chi connectivity index (χ4n) is 2.38. The Balaban J connectivity index is 1.60. The standard InChI is InChI=1S/C12H20N4O/c1-16(10(6-13)8-2-3-8)7-11-14-12(17-15-11)9-4-5-9/h8-10H,2-7,13H2,1H3. The Morgan fingerprint density at radius 3 is 2.76 bits per heavy atom. The lowest BCUT2D eigenvalue weighted by Crippen LogP contribution is -2.39. The smallest absolute Gasteiger partial charge is 0.229 e. The van der Waals surface area contributed by atoms with Gasteiger partial charge in [0.2, 0.25) is 5.89 Å². The van der Waals surface area contributed by atoms with Gasteiger partial charge in [-0.1, -0.05) is 5.16 Å². The van der Waals surface area contributed by atoms with Crippen molar-refractivity contribution in [2.24, 2.45) is 11.7 Å². The predicted octanol–water partition coefficient (Wildman–Crippen LogP) is 1.12. The van der Waals surface area contributed by atoms with Gasteiger partial charge in [-0.15, -0.1) is 0 Å². The highest BCUT2D eigenvalue weighted by Crippen LogP contribution is 2.39. The highest BCUT2D eigenvalue weighted by atomic mass is 16.5. The highest BCUT2D eigenvalue weighted by molar-refractivity contribution is 5.02. The van der Waals surface area contributed by atoms with Gasteiger partial charge >= 0.3 is 0 Å². The number of nitrogens with two attached hydrogens (primary N) is 1. The van der Waals surface area contributed by atoms with Crippen molar-refractivity contribution in [1.29, 1.82) is 0 Å². The zero-order valence-corrected chi connectivity index (χ0v) is 10.3. The molecule has 1 heterocycles. The summed E-state index contributed by atoms with van der Waals surface area (Å²) in [6.07, 6.45) is 5.02. The molecule has 0 aromatic carbocycles. The minimum atomic E-state index is 0.470. The molecule has 2 aliphatic carbocycles. The van der Waals surface area contributed by atoms with Crippen LogP contribution in [0.1, 0.15) is 43.3 Å². The summed E-state index contributed by atoms with van der Waals surface area (Å²) < 4.78 is 5.26. The van der Waals surface area contributed by atoms with Crippen LogP contribution >= 0.6 is 0 Å². The topological polar surface area (TPSA) is 68.2 Å². The lowest BCUT2D eigenvalue weighted by Gasteiger charge is -2.25. The maximum Gasteiger partial charge on any atom is 0.229 e. The van der Waals surface area contributed by atoms with Gasteiger partial charge < -0.3 is 10.3 Å². The summed E-state index contributed by atoms with van der Waals surface area (Å²) in [4.78, 5) is 6.71. The molecule has 0 saturated heterocycles. The summed E-state index contributed by atoms with van der Waals surface area (Å²) in [6, 6.07) is 0.470. The molecule has 2 aliphatic rings. The van der Waals surface area contributed by atoms with Crippen LogP contribution in [0.15, 0.2) is 4.52 Å². The van der Waals surface area contributed by atoms with E-state index in [4.69, 9.17) is 10.3 Å². The summed E-state index contributed by atoms with van der Waals surface area (Å²) in [5.41, 5.74) is 5.83. The van der Waals surface area contributed by atoms with E-state index in [9.17, 15) is 0 Å². The second kappa shape index (κ2) is 4.38. The second-order valence-corrected chi connectivity index (χ2v) is 5.38. The molecule has 0 bridgehead atoms. The van der Waals surface area contributed by atoms with Crippen LogP contribution in [0.2, 0.25) is 0 Å². The van der Waals surface area contributed by atoms with Crippen molar-refractivity contribution < 1.29 is 4.52 Å². The zero-order chi connectivity index (χ0) is 11.8. The molecule has 2 fully saturated rings. The van der Waals surface area contributed by atoms with Gasteiger partial charge in [-0.2, -0.15) is 4.98 Å². The van der Waals surface area contributed by atoms with Crippen molar-refractivity contribution >= 4 is 0 Å². The zero-order valence-electron chi connectivity index (χ0n) is 10.3. The molecular formula is C12H20N4O. The Kier molecular flexibility index (Phi) is 2.88. The first-order valence-corrected chi connectivity index (χ1v) is 6.50. The van der Waals surface area contributed by atoms with Gasteiger partial charge in [0.05, 0.1) is 6.54 Å². The van der Waals surface area contributed by atoms with Gasteiger partial charge in [-0.25, -0.2) is 0 Å². The second-order valence-electron chi connectivity index (χ2n) is 5.38. The SMILES string of the molecule is CN(Cc1noc(C2CC2)n1)C(CN)C1CC1. The molecule has 5 nitrogen and oxygen atoms in total. The summed E-state index contributed by atoms with van der Waals surface area (Å²) in [5, 5.41) is 4.05. The third kappa shape index (κ3) is 2.50. The van der Waals surface area contributed by atoms with Crippen LogP contribution in [0.3, 0.4) is 0 Å². The minimum absolute atomic E-state index is 0.470. The van der Waals surface area contributed by atoms with Crippen LogP contribution < -0.4 is 5.73 Å². The number of hydrogen-bond acceptors (Lipinski definition) is 5. The maximum absolute atomic E-state index is 5.83. The third-order valence-corrected chi connectivity index (χ3v) is 3.78. The van der Waals surface area contributed by atoms with E-state index in [-0.39, 0.29) is 0 Å². The molecule has 1 aromatic heterocycles. The Morgan fingerprint density at radius 1 is 1.41 bits per heavy atom. The number of aromatic nitrogens is 2. The van der Waals surface area contributed by atoms with Gasteiger partial charge in [0.25, 0.3) is 0 Å². The quantitative estimate of drug-likeness (QED) is 0.801. The van der Waals surface area contributed by atoms with E-state index in [1.54, 1.807) is 0 Å². The number of hydrogen-bond donors (Lipinski definition) is 1. The molecule has 0 amide bonds. The van der Waals surface area contributed by atoms with Crippen LogP contribution in [0.5, 0.6) is 0 Å². The molecule has 0 aliphatic heterocycles. The third-order valence-electron chi connectivity index (χ3n) is 3.78. The molecule has 3 rings (SSSR count). The van der Waals surface area contributed by atoms with Gasteiger partial charge in [0.1, 0.15) is 0 Å². The minimum Gasteiger partial charge on any atom is -0.339 e. The van der Waals surface area contributed by atoms with E-state index in [0.717, 1.165) is 24.2 Å². The first-order chi connectivity index (χ1) is 8.28. The van der Waals surface area contributed by atoms with E-state index >= 15 is 0 Å². The predicted molar refractivity (Wildman–Crippen MR) is 63.3 cm³/mol. The normalized spacial score (nSPS) is 22.1. The molecule has 17 heavy (non-hydrogen) atoms. The lowest BCUT2D eigenvalue weighted by atomic mass is 10.1. The fraction of sp³-hybridized carbons (Fsp3) is 0.833. The summed E-state index contributed by atoms with van der Waals surface area (Å²) in [5.74, 6) is 2.94. The van der Waals surface area contributed by atoms with Gasteiger partial charge in [-0.05, 0) is 38.6 Å². The van der Waals surface area contributed by atoms with Crippen molar-refractivity contribution in [2.75, 3.05) is 13.6 Å². The molecule has 0 spiro atoms. The van der Waals surface area contributed by atoms with Crippen LogP contribution in [0.25, 0.3) is 0 Å². The molecule has 0 radical (unpaired) electrons. The van der Waals surface area contributed by atoms with Crippen molar-refractivity contribution in [3.8, 4) is 0 Å². The number of likely N-dealkylation sites (N-methyl/N-ethyl adjacent to an activating group) is 1. The fourth-order valence-corrected chi connectivity index (χ4v) is 2.38. The Morgan fingerprint density at radius 2 is 2.18 bits per heavy atom. The van der Waals surface area contributed by atoms with Crippen molar-refractivity contribution in [2.45, 2.75) is 44.2 Å². The molecule has 5 heteroatoms. The van der Waals surface area contributed by atoms with E-state index in [1.807, 2.05) is 0 Å². The molecule has 1 unspecified atom stereocenters. The van der Waals surface area contributed by atoms with Gasteiger partial charge in [0.15, 0.2) is 5.82 Å². The van der Waals surface area contributed by atoms with Gasteiger partial charge in [-0.3, -0.25) is 4.90 Å². The van der Waals surface area contributed by atoms with Crippen molar-refractivity contribution in [3.05, 3.63) is 11.7 Å². The van der Waals surface area contributed by atoms with Crippen molar-refractivity contribution in [3.63, 3.8) is 0 Å². The van der Waals surface area contributed by atoms with E-state index in [0.29, 0.717) is 18.5 Å². The average Bonchev–Trinajstić information content (AvgIpc) is 3.20. The molecule has 1 aromatic rings. The van der Waals surface area contributed by atoms with E-state index in [1.165, 1.54) is 25.7 Å². The van der Waals surface area contributed by atoms with Crippen LogP contribution in [0, 0.1) is 5.92 Å². The molecule has 94 valence electrons. The number of nitrogens with zero attached hydrogens (tertiary/aromatic N) is 3. The monoisotopic (exact) mass is 236 g/mol. The van der Waals surface area contributed by atoms with Crippen LogP contribution in [-0.4, -0.2) is 34.7 Å². The molecular weight excluding hydrogens is 216 g/mol. The largest absolute Gasteiger partial charge is 0.339 e. The summed E-state index contributed by atoms with van der Waals surface area (Å²) in [7, 11) is 2.10. The maximum atomic E-state index is 5.83. The molecule has 1 atom stereocenters.